The molecule has 0 fully saturated rings. The van der Waals surface area contributed by atoms with Crippen molar-refractivity contribution >= 4 is 38.2 Å². The Balaban J connectivity index is 2.65. The van der Waals surface area contributed by atoms with E-state index < -0.39 is 27.4 Å². The highest BCUT2D eigenvalue weighted by Gasteiger charge is 2.27. The van der Waals surface area contributed by atoms with E-state index >= 15 is 0 Å². The van der Waals surface area contributed by atoms with Crippen LogP contribution in [-0.4, -0.2) is 31.7 Å². The van der Waals surface area contributed by atoms with Gasteiger partial charge in [0.05, 0.1) is 11.9 Å². The van der Waals surface area contributed by atoms with Crippen LogP contribution in [0.25, 0.3) is 0 Å². The normalized spacial score (nSPS) is 15.2. The summed E-state index contributed by atoms with van der Waals surface area (Å²) in [5.74, 6) is 0. The molecule has 1 amide bonds. The maximum atomic E-state index is 12.5. The number of rotatable bonds is 5. The topological polar surface area (TPSA) is 77.5 Å². The zero-order valence-electron chi connectivity index (χ0n) is 14.2. The summed E-state index contributed by atoms with van der Waals surface area (Å²) in [6.45, 7) is 13.0. The molecule has 0 aromatic carbocycles. The number of thiazole rings is 1. The van der Waals surface area contributed by atoms with Gasteiger partial charge < -0.3 is 8.95 Å². The van der Waals surface area contributed by atoms with E-state index in [1.165, 1.54) is 11.3 Å². The van der Waals surface area contributed by atoms with Gasteiger partial charge in [-0.25, -0.2) is 9.78 Å². The van der Waals surface area contributed by atoms with Crippen LogP contribution in [0.3, 0.4) is 0 Å². The van der Waals surface area contributed by atoms with Crippen molar-refractivity contribution in [1.29, 1.82) is 0 Å². The lowest BCUT2D eigenvalue weighted by Gasteiger charge is -2.22. The average Bonchev–Trinajstić information content (AvgIpc) is 2.56. The van der Waals surface area contributed by atoms with Crippen molar-refractivity contribution in [3.8, 4) is 0 Å². The summed E-state index contributed by atoms with van der Waals surface area (Å²) >= 11 is 1.27. The van der Waals surface area contributed by atoms with Crippen molar-refractivity contribution in [1.82, 2.24) is 4.98 Å². The largest absolute Gasteiger partial charge is 0.444 e. The molecule has 126 valence electrons. The van der Waals surface area contributed by atoms with Gasteiger partial charge in [-0.15, -0.1) is 11.3 Å². The summed E-state index contributed by atoms with van der Waals surface area (Å²) in [7, 11) is -4.60. The maximum Gasteiger partial charge on any atom is 0.413 e. The maximum absolute atomic E-state index is 12.5. The summed E-state index contributed by atoms with van der Waals surface area (Å²) in [5.41, 5.74) is 0.0919. The van der Waals surface area contributed by atoms with Crippen LogP contribution in [0.1, 0.15) is 26.5 Å². The van der Waals surface area contributed by atoms with Crippen LogP contribution < -0.4 is 5.32 Å². The molecule has 1 unspecified atom stereocenters. The molecule has 1 heterocycles. The summed E-state index contributed by atoms with van der Waals surface area (Å²) in [5, 5.41) is 4.78. The third-order valence-corrected chi connectivity index (χ3v) is 7.52. The Labute approximate surface area is 137 Å². The highest BCUT2D eigenvalue weighted by molar-refractivity contribution is 7.58. The number of hydrogen-bond donors (Lipinski definition) is 1. The molecule has 0 aliphatic carbocycles. The molecule has 1 atom stereocenters. The second-order valence-electron chi connectivity index (χ2n) is 7.15. The summed E-state index contributed by atoms with van der Waals surface area (Å²) in [6.07, 6.45) is -0.282. The monoisotopic (exact) mass is 364 g/mol. The summed E-state index contributed by atoms with van der Waals surface area (Å²) in [6, 6.07) is 0. The Morgan fingerprint density at radius 3 is 2.50 bits per heavy atom. The van der Waals surface area contributed by atoms with E-state index in [2.05, 4.69) is 10.3 Å². The number of nitrogens with zero attached hydrogens (tertiary/aromatic N) is 1. The van der Waals surface area contributed by atoms with Crippen LogP contribution in [0.2, 0.25) is 19.6 Å². The van der Waals surface area contributed by atoms with E-state index in [9.17, 15) is 9.36 Å². The Morgan fingerprint density at radius 2 is 2.00 bits per heavy atom. The van der Waals surface area contributed by atoms with Gasteiger partial charge in [-0.1, -0.05) is 0 Å². The molecule has 1 rings (SSSR count). The summed E-state index contributed by atoms with van der Waals surface area (Å²) in [4.78, 5) is 15.9. The molecular formula is C13H25N2O4PSSi. The second-order valence-corrected chi connectivity index (χ2v) is 15.3. The van der Waals surface area contributed by atoms with Gasteiger partial charge in [-0.2, -0.15) is 0 Å². The molecule has 0 aliphatic heterocycles. The molecule has 22 heavy (non-hydrogen) atoms. The van der Waals surface area contributed by atoms with Crippen LogP contribution in [0, 0.1) is 0 Å². The number of carbonyl (C=O) groups excluding carboxylic acids is 1. The highest BCUT2D eigenvalue weighted by Crippen LogP contribution is 2.48. The van der Waals surface area contributed by atoms with Crippen molar-refractivity contribution in [2.45, 2.75) is 52.2 Å². The molecule has 9 heteroatoms. The van der Waals surface area contributed by atoms with Gasteiger partial charge in [0.2, 0.25) is 0 Å². The average molecular weight is 364 g/mol. The molecule has 6 nitrogen and oxygen atoms in total. The lowest BCUT2D eigenvalue weighted by Crippen LogP contribution is -2.27. The van der Waals surface area contributed by atoms with E-state index in [-0.39, 0.29) is 6.16 Å². The lowest BCUT2D eigenvalue weighted by atomic mass is 10.2. The highest BCUT2D eigenvalue weighted by atomic mass is 32.1. The first-order valence-corrected chi connectivity index (χ1v) is 13.5. The Kier molecular flexibility index (Phi) is 6.00. The fraction of sp³-hybridized carbons (Fsp3) is 0.692. The van der Waals surface area contributed by atoms with Gasteiger partial charge in [-0.05, 0) is 40.4 Å². The first-order valence-electron chi connectivity index (χ1n) is 6.97. The fourth-order valence-corrected chi connectivity index (χ4v) is 8.20. The van der Waals surface area contributed by atoms with Crippen LogP contribution in [0.5, 0.6) is 0 Å². The molecule has 0 aliphatic rings. The molecule has 1 aromatic heterocycles. The van der Waals surface area contributed by atoms with Crippen molar-refractivity contribution in [2.75, 3.05) is 12.0 Å². The minimum Gasteiger partial charge on any atom is -0.444 e. The molecule has 0 radical (unpaired) electrons. The predicted octanol–water partition coefficient (Wildman–Crippen LogP) is 4.75. The Hall–Kier alpha value is -0.693. The number of aromatic nitrogens is 1. The summed E-state index contributed by atoms with van der Waals surface area (Å²) < 4.78 is 23.4. The zero-order valence-corrected chi connectivity index (χ0v) is 16.9. The van der Waals surface area contributed by atoms with Crippen LogP contribution in [-0.2, 0) is 19.7 Å². The Morgan fingerprint density at radius 1 is 1.41 bits per heavy atom. The van der Waals surface area contributed by atoms with Crippen molar-refractivity contribution in [3.63, 3.8) is 0 Å². The molecule has 0 saturated carbocycles. The van der Waals surface area contributed by atoms with Gasteiger partial charge in [-0.3, -0.25) is 9.88 Å². The molecule has 1 aromatic rings. The molecule has 0 spiro atoms. The zero-order chi connectivity index (χ0) is 17.2. The van der Waals surface area contributed by atoms with E-state index in [0.29, 0.717) is 10.8 Å². The molecule has 0 saturated heterocycles. The van der Waals surface area contributed by atoms with Crippen molar-refractivity contribution in [2.24, 2.45) is 0 Å². The number of nitrogens with one attached hydrogen (secondary N) is 1. The number of ether oxygens (including phenoxy) is 1. The second kappa shape index (κ2) is 6.82. The van der Waals surface area contributed by atoms with E-state index in [1.54, 1.807) is 32.8 Å². The van der Waals surface area contributed by atoms with Gasteiger partial charge in [0.25, 0.3) is 0 Å². The Bertz CT molecular complexity index is 577. The van der Waals surface area contributed by atoms with E-state index in [0.717, 1.165) is 0 Å². The third kappa shape index (κ3) is 8.08. The standard InChI is InChI=1S/C13H25N2O4PSSi/c1-13(2,3)18-12(16)15-11-14-10(9-21-11)8-20(4,17)19-22(5,6)7/h9H,8H2,1-7H3,(H,14,15,16). The van der Waals surface area contributed by atoms with Crippen LogP contribution >= 0.6 is 18.7 Å². The van der Waals surface area contributed by atoms with E-state index in [4.69, 9.17) is 8.95 Å². The van der Waals surface area contributed by atoms with Gasteiger partial charge in [0.1, 0.15) is 5.60 Å². The number of anilines is 1. The number of amides is 1. The predicted molar refractivity (Wildman–Crippen MR) is 93.6 cm³/mol. The van der Waals surface area contributed by atoms with Crippen molar-refractivity contribution in [3.05, 3.63) is 11.1 Å². The van der Waals surface area contributed by atoms with Gasteiger partial charge in [0.15, 0.2) is 20.8 Å². The van der Waals surface area contributed by atoms with E-state index in [1.807, 2.05) is 19.6 Å². The third-order valence-electron chi connectivity index (χ3n) is 2.08. The fourth-order valence-electron chi connectivity index (χ4n) is 1.73. The van der Waals surface area contributed by atoms with Gasteiger partial charge >= 0.3 is 6.09 Å². The first kappa shape index (κ1) is 19.4. The molecule has 0 bridgehead atoms. The quantitative estimate of drug-likeness (QED) is 0.602. The number of hydrogen-bond acceptors (Lipinski definition) is 6. The minimum absolute atomic E-state index is 0.268. The SMILES string of the molecule is CC(C)(C)OC(=O)Nc1nc(CP(C)(=O)O[Si](C)(C)C)cs1. The first-order chi connectivity index (χ1) is 9.76. The van der Waals surface area contributed by atoms with Crippen molar-refractivity contribution < 1.29 is 18.3 Å². The van der Waals surface area contributed by atoms with Crippen LogP contribution in [0.4, 0.5) is 9.93 Å². The molecule has 1 N–H and O–H groups in total. The number of carbonyl (C=O) groups is 1. The van der Waals surface area contributed by atoms with Gasteiger partial charge in [0, 0.05) is 12.0 Å². The minimum atomic E-state index is -2.73. The molecular weight excluding hydrogens is 339 g/mol. The lowest BCUT2D eigenvalue weighted by molar-refractivity contribution is 0.0636. The smallest absolute Gasteiger partial charge is 0.413 e. The van der Waals surface area contributed by atoms with Crippen LogP contribution in [0.15, 0.2) is 5.38 Å².